The smallest absolute Gasteiger partial charge is 0.128 e. The van der Waals surface area contributed by atoms with Crippen molar-refractivity contribution in [3.63, 3.8) is 0 Å². The van der Waals surface area contributed by atoms with E-state index in [9.17, 15) is 8.60 Å². The average Bonchev–Trinajstić information content (AvgIpc) is 2.75. The van der Waals surface area contributed by atoms with E-state index < -0.39 is 11.0 Å². The molecule has 0 spiro atoms. The number of piperidine rings is 1. The first kappa shape index (κ1) is 19.5. The zero-order valence-corrected chi connectivity index (χ0v) is 16.9. The molecule has 0 N–H and O–H groups in total. The number of benzene rings is 1. The molecule has 2 aliphatic heterocycles. The minimum Gasteiger partial charge on any atom is -0.354 e. The predicted octanol–water partition coefficient (Wildman–Crippen LogP) is 2.78. The van der Waals surface area contributed by atoms with Crippen molar-refractivity contribution in [2.24, 2.45) is 5.92 Å². The summed E-state index contributed by atoms with van der Waals surface area (Å²) in [4.78, 5) is 10.0. The number of anilines is 1. The van der Waals surface area contributed by atoms with Crippen LogP contribution in [0.25, 0.3) is 0 Å². The first-order chi connectivity index (χ1) is 13.7. The van der Waals surface area contributed by atoms with Crippen molar-refractivity contribution in [2.45, 2.75) is 17.7 Å². The number of rotatable bonds is 5. The first-order valence-corrected chi connectivity index (χ1v) is 11.1. The van der Waals surface area contributed by atoms with Crippen molar-refractivity contribution < 1.29 is 8.60 Å². The van der Waals surface area contributed by atoms with Crippen LogP contribution in [-0.2, 0) is 11.0 Å². The van der Waals surface area contributed by atoms with Crippen molar-refractivity contribution in [1.29, 1.82) is 0 Å². The average molecular weight is 403 g/mol. The van der Waals surface area contributed by atoms with Crippen LogP contribution in [0.2, 0.25) is 0 Å². The molecule has 3 heterocycles. The van der Waals surface area contributed by atoms with E-state index in [-0.39, 0.29) is 5.82 Å². The maximum Gasteiger partial charge on any atom is 0.128 e. The van der Waals surface area contributed by atoms with Crippen LogP contribution in [0, 0.1) is 11.7 Å². The SMILES string of the molecule is O=S(c1ccc(F)cc1)N1CCC(CN2CCN(c3ccccn3)CC2)CC1. The lowest BCUT2D eigenvalue weighted by Crippen LogP contribution is -2.49. The Bertz CT molecular complexity index is 773. The standard InChI is InChI=1S/C21H27FN4OS/c22-19-4-6-20(7-5-19)28(27)26-11-8-18(9-12-26)17-24-13-15-25(16-14-24)21-3-1-2-10-23-21/h1-7,10,18H,8-9,11-17H2. The van der Waals surface area contributed by atoms with E-state index in [1.54, 1.807) is 12.1 Å². The summed E-state index contributed by atoms with van der Waals surface area (Å²) in [6.45, 7) is 6.96. The largest absolute Gasteiger partial charge is 0.354 e. The number of pyridine rings is 1. The first-order valence-electron chi connectivity index (χ1n) is 10.00. The summed E-state index contributed by atoms with van der Waals surface area (Å²) in [5, 5.41) is 0. The predicted molar refractivity (Wildman–Crippen MR) is 110 cm³/mol. The van der Waals surface area contributed by atoms with E-state index in [1.807, 2.05) is 22.6 Å². The van der Waals surface area contributed by atoms with Gasteiger partial charge in [-0.15, -0.1) is 0 Å². The van der Waals surface area contributed by atoms with Crippen LogP contribution >= 0.6 is 0 Å². The summed E-state index contributed by atoms with van der Waals surface area (Å²) in [5.41, 5.74) is 0. The fourth-order valence-electron chi connectivity index (χ4n) is 4.02. The molecular weight excluding hydrogens is 375 g/mol. The van der Waals surface area contributed by atoms with Crippen LogP contribution in [0.1, 0.15) is 12.8 Å². The van der Waals surface area contributed by atoms with Gasteiger partial charge in [0, 0.05) is 52.0 Å². The number of nitrogens with zero attached hydrogens (tertiary/aromatic N) is 4. The fourth-order valence-corrected chi connectivity index (χ4v) is 5.23. The molecule has 1 atom stereocenters. The summed E-state index contributed by atoms with van der Waals surface area (Å²) in [6.07, 6.45) is 3.98. The zero-order valence-electron chi connectivity index (χ0n) is 16.0. The third-order valence-electron chi connectivity index (χ3n) is 5.69. The lowest BCUT2D eigenvalue weighted by atomic mass is 9.97. The molecule has 1 aromatic heterocycles. The molecule has 2 saturated heterocycles. The number of hydrogen-bond acceptors (Lipinski definition) is 4. The molecule has 7 heteroatoms. The molecule has 28 heavy (non-hydrogen) atoms. The molecule has 0 saturated carbocycles. The van der Waals surface area contributed by atoms with Crippen LogP contribution in [0.15, 0.2) is 53.6 Å². The van der Waals surface area contributed by atoms with Gasteiger partial charge in [0.2, 0.25) is 0 Å². The monoisotopic (exact) mass is 402 g/mol. The third-order valence-corrected chi connectivity index (χ3v) is 7.19. The van der Waals surface area contributed by atoms with Crippen LogP contribution in [-0.4, -0.2) is 64.2 Å². The molecule has 2 aromatic rings. The highest BCUT2D eigenvalue weighted by atomic mass is 32.2. The minimum absolute atomic E-state index is 0.289. The molecule has 0 radical (unpaired) electrons. The third kappa shape index (κ3) is 4.77. The molecule has 150 valence electrons. The number of piperazine rings is 1. The molecule has 1 aromatic carbocycles. The Balaban J connectivity index is 1.22. The summed E-state index contributed by atoms with van der Waals surface area (Å²) in [7, 11) is -1.19. The van der Waals surface area contributed by atoms with Gasteiger partial charge in [-0.3, -0.25) is 4.90 Å². The highest BCUT2D eigenvalue weighted by Gasteiger charge is 2.26. The number of hydrogen-bond donors (Lipinski definition) is 0. The fraction of sp³-hybridized carbons (Fsp3) is 0.476. The van der Waals surface area contributed by atoms with Gasteiger partial charge < -0.3 is 4.90 Å². The van der Waals surface area contributed by atoms with Gasteiger partial charge in [-0.05, 0) is 55.2 Å². The normalized spacial score (nSPS) is 21.0. The topological polar surface area (TPSA) is 39.7 Å². The molecular formula is C21H27FN4OS. The van der Waals surface area contributed by atoms with Gasteiger partial charge in [-0.2, -0.15) is 0 Å². The molecule has 2 aliphatic rings. The Morgan fingerprint density at radius 2 is 1.68 bits per heavy atom. The number of aromatic nitrogens is 1. The highest BCUT2D eigenvalue weighted by molar-refractivity contribution is 7.82. The Hall–Kier alpha value is -1.83. The van der Waals surface area contributed by atoms with Gasteiger partial charge >= 0.3 is 0 Å². The summed E-state index contributed by atoms with van der Waals surface area (Å²) < 4.78 is 27.8. The maximum atomic E-state index is 13.1. The minimum atomic E-state index is -1.19. The Morgan fingerprint density at radius 1 is 0.964 bits per heavy atom. The molecule has 5 nitrogen and oxygen atoms in total. The highest BCUT2D eigenvalue weighted by Crippen LogP contribution is 2.23. The van der Waals surface area contributed by atoms with Crippen molar-refractivity contribution >= 4 is 16.8 Å². The van der Waals surface area contributed by atoms with Crippen LogP contribution in [0.3, 0.4) is 0 Å². The lowest BCUT2D eigenvalue weighted by molar-refractivity contribution is 0.177. The summed E-state index contributed by atoms with van der Waals surface area (Å²) in [5.74, 6) is 1.43. The zero-order chi connectivity index (χ0) is 19.3. The maximum absolute atomic E-state index is 13.1. The van der Waals surface area contributed by atoms with Gasteiger partial charge in [0.1, 0.15) is 22.6 Å². The van der Waals surface area contributed by atoms with Crippen molar-refractivity contribution in [1.82, 2.24) is 14.2 Å². The van der Waals surface area contributed by atoms with E-state index in [1.165, 1.54) is 12.1 Å². The van der Waals surface area contributed by atoms with E-state index in [0.29, 0.717) is 10.8 Å². The van der Waals surface area contributed by atoms with Crippen molar-refractivity contribution in [3.05, 3.63) is 54.5 Å². The van der Waals surface area contributed by atoms with Crippen LogP contribution in [0.5, 0.6) is 0 Å². The van der Waals surface area contributed by atoms with E-state index in [4.69, 9.17) is 0 Å². The molecule has 0 aliphatic carbocycles. The van der Waals surface area contributed by atoms with Gasteiger partial charge in [-0.25, -0.2) is 17.9 Å². The second-order valence-electron chi connectivity index (χ2n) is 7.55. The quantitative estimate of drug-likeness (QED) is 0.771. The van der Waals surface area contributed by atoms with E-state index >= 15 is 0 Å². The Morgan fingerprint density at radius 3 is 2.32 bits per heavy atom. The number of halogens is 1. The summed E-state index contributed by atoms with van der Waals surface area (Å²) in [6, 6.07) is 12.1. The van der Waals surface area contributed by atoms with E-state index in [0.717, 1.165) is 64.5 Å². The Labute approximate surface area is 168 Å². The molecule has 1 unspecified atom stereocenters. The van der Waals surface area contributed by atoms with Gasteiger partial charge in [-0.1, -0.05) is 6.07 Å². The van der Waals surface area contributed by atoms with Gasteiger partial charge in [0.25, 0.3) is 0 Å². The molecule has 4 rings (SSSR count). The molecule has 0 amide bonds. The van der Waals surface area contributed by atoms with E-state index in [2.05, 4.69) is 20.9 Å². The van der Waals surface area contributed by atoms with Crippen molar-refractivity contribution in [2.75, 3.05) is 50.7 Å². The van der Waals surface area contributed by atoms with Gasteiger partial charge in [0.15, 0.2) is 0 Å². The van der Waals surface area contributed by atoms with Crippen LogP contribution < -0.4 is 4.90 Å². The summed E-state index contributed by atoms with van der Waals surface area (Å²) >= 11 is 0. The van der Waals surface area contributed by atoms with Crippen LogP contribution in [0.4, 0.5) is 10.2 Å². The Kier molecular flexibility index (Phi) is 6.34. The molecule has 2 fully saturated rings. The lowest BCUT2D eigenvalue weighted by Gasteiger charge is -2.39. The van der Waals surface area contributed by atoms with Gasteiger partial charge in [0.05, 0.1) is 4.90 Å². The molecule has 0 bridgehead atoms. The second-order valence-corrected chi connectivity index (χ2v) is 9.04. The second kappa shape index (κ2) is 9.11. The van der Waals surface area contributed by atoms with Crippen molar-refractivity contribution in [3.8, 4) is 0 Å².